The summed E-state index contributed by atoms with van der Waals surface area (Å²) >= 11 is 0.822. The van der Waals surface area contributed by atoms with Crippen molar-refractivity contribution in [3.8, 4) is 5.40 Å². The van der Waals surface area contributed by atoms with Crippen LogP contribution in [0.25, 0.3) is 0 Å². The summed E-state index contributed by atoms with van der Waals surface area (Å²) in [5, 5.41) is 18.0. The molecule has 0 saturated carbocycles. The molecule has 0 aromatic carbocycles. The second-order valence-electron chi connectivity index (χ2n) is 0.987. The van der Waals surface area contributed by atoms with Gasteiger partial charge in [0.05, 0.1) is 0 Å². The predicted octanol–water partition coefficient (Wildman–Crippen LogP) is 0.0436. The second-order valence-corrected chi connectivity index (χ2v) is 1.61. The monoisotopic (exact) mass is 118 g/mol. The molecule has 2 N–H and O–H groups in total. The van der Waals surface area contributed by atoms with Crippen molar-refractivity contribution in [1.29, 1.82) is 5.26 Å². The van der Waals surface area contributed by atoms with Crippen molar-refractivity contribution in [3.63, 3.8) is 0 Å². The highest BCUT2D eigenvalue weighted by Crippen LogP contribution is 1.87. The van der Waals surface area contributed by atoms with Crippen molar-refractivity contribution < 1.29 is 5.11 Å². The van der Waals surface area contributed by atoms with Gasteiger partial charge >= 0.3 is 0 Å². The van der Waals surface area contributed by atoms with Crippen LogP contribution in [0.4, 0.5) is 0 Å². The van der Waals surface area contributed by atoms with Gasteiger partial charge in [-0.15, -0.1) is 0 Å². The summed E-state index contributed by atoms with van der Waals surface area (Å²) in [5.74, 6) is 0. The third-order valence-corrected chi connectivity index (χ3v) is 0.825. The molecule has 3 nitrogen and oxygen atoms in total. The molecule has 0 fully saturated rings. The second kappa shape index (κ2) is 3.93. The molecule has 0 saturated heterocycles. The first-order chi connectivity index (χ1) is 3.27. The van der Waals surface area contributed by atoms with E-state index in [2.05, 4.69) is 4.72 Å². The maximum Gasteiger partial charge on any atom is 0.149 e. The first-order valence-electron chi connectivity index (χ1n) is 1.76. The van der Waals surface area contributed by atoms with E-state index in [9.17, 15) is 0 Å². The van der Waals surface area contributed by atoms with Crippen LogP contribution >= 0.6 is 11.9 Å². The van der Waals surface area contributed by atoms with Gasteiger partial charge in [0.2, 0.25) is 0 Å². The van der Waals surface area contributed by atoms with Gasteiger partial charge in [0.25, 0.3) is 0 Å². The Kier molecular flexibility index (Phi) is 3.80. The Balaban J connectivity index is 2.86. The van der Waals surface area contributed by atoms with Gasteiger partial charge in [0.1, 0.15) is 11.6 Å². The summed E-state index contributed by atoms with van der Waals surface area (Å²) in [4.78, 5) is 0. The molecule has 0 bridgehead atoms. The number of nitrogens with zero attached hydrogens (tertiary/aromatic N) is 1. The minimum atomic E-state index is -0.607. The Morgan fingerprint density at radius 2 is 2.57 bits per heavy atom. The Labute approximate surface area is 46.5 Å². The van der Waals surface area contributed by atoms with Crippen molar-refractivity contribution in [2.24, 2.45) is 0 Å². The van der Waals surface area contributed by atoms with Crippen LogP contribution in [0.3, 0.4) is 0 Å². The number of aliphatic hydroxyl groups excluding tert-OH is 1. The fraction of sp³-hybridized carbons (Fsp3) is 0.667. The van der Waals surface area contributed by atoms with Gasteiger partial charge in [-0.2, -0.15) is 5.26 Å². The van der Waals surface area contributed by atoms with Crippen molar-refractivity contribution >= 4 is 11.9 Å². The molecule has 0 aliphatic heterocycles. The number of aliphatic hydroxyl groups is 1. The SMILES string of the molecule is CC(O)NSC#N. The van der Waals surface area contributed by atoms with Crippen LogP contribution in [0, 0.1) is 10.7 Å². The van der Waals surface area contributed by atoms with Gasteiger partial charge in [0, 0.05) is 11.9 Å². The van der Waals surface area contributed by atoms with Gasteiger partial charge in [-0.05, 0) is 6.92 Å². The van der Waals surface area contributed by atoms with E-state index in [1.54, 1.807) is 12.3 Å². The lowest BCUT2D eigenvalue weighted by Gasteiger charge is -1.97. The molecule has 4 heteroatoms. The fourth-order valence-corrected chi connectivity index (χ4v) is 0.335. The quantitative estimate of drug-likeness (QED) is 0.305. The molecule has 0 aromatic rings. The molecule has 7 heavy (non-hydrogen) atoms. The van der Waals surface area contributed by atoms with Crippen molar-refractivity contribution in [1.82, 2.24) is 4.72 Å². The van der Waals surface area contributed by atoms with E-state index in [1.807, 2.05) is 0 Å². The third-order valence-electron chi connectivity index (χ3n) is 0.275. The van der Waals surface area contributed by atoms with Crippen LogP contribution in [0.15, 0.2) is 0 Å². The zero-order valence-corrected chi connectivity index (χ0v) is 4.70. The average molecular weight is 118 g/mol. The van der Waals surface area contributed by atoms with E-state index in [-0.39, 0.29) is 0 Å². The van der Waals surface area contributed by atoms with Crippen LogP contribution in [0.1, 0.15) is 6.92 Å². The standard InChI is InChI=1S/C3H6N2OS/c1-3(6)5-7-2-4/h3,5-6H,1H3. The largest absolute Gasteiger partial charge is 0.378 e. The highest BCUT2D eigenvalue weighted by molar-refractivity contribution is 8.01. The van der Waals surface area contributed by atoms with Gasteiger partial charge < -0.3 is 5.11 Å². The molecular weight excluding hydrogens is 112 g/mol. The number of thiocyanates is 1. The topological polar surface area (TPSA) is 56.0 Å². The molecule has 0 amide bonds. The maximum absolute atomic E-state index is 8.40. The van der Waals surface area contributed by atoms with Crippen molar-refractivity contribution in [2.75, 3.05) is 0 Å². The summed E-state index contributed by atoms with van der Waals surface area (Å²) in [5.41, 5.74) is 0. The molecule has 1 unspecified atom stereocenters. The summed E-state index contributed by atoms with van der Waals surface area (Å²) in [6, 6.07) is 0. The van der Waals surface area contributed by atoms with Crippen LogP contribution in [-0.4, -0.2) is 11.3 Å². The van der Waals surface area contributed by atoms with E-state index in [0.29, 0.717) is 0 Å². The average Bonchev–Trinajstić information content (AvgIpc) is 1.61. The molecule has 0 radical (unpaired) electrons. The number of rotatable bonds is 2. The Morgan fingerprint density at radius 3 is 2.71 bits per heavy atom. The number of nitrogens with one attached hydrogen (secondary N) is 1. The zero-order valence-electron chi connectivity index (χ0n) is 3.88. The minimum absolute atomic E-state index is 0.607. The van der Waals surface area contributed by atoms with E-state index in [1.165, 1.54) is 0 Å². The van der Waals surface area contributed by atoms with E-state index >= 15 is 0 Å². The lowest BCUT2D eigenvalue weighted by Crippen LogP contribution is -2.16. The van der Waals surface area contributed by atoms with Gasteiger partial charge in [0.15, 0.2) is 0 Å². The predicted molar refractivity (Wildman–Crippen MR) is 28.0 cm³/mol. The first-order valence-corrected chi connectivity index (χ1v) is 2.57. The maximum atomic E-state index is 8.40. The lowest BCUT2D eigenvalue weighted by molar-refractivity contribution is 0.188. The van der Waals surface area contributed by atoms with E-state index in [4.69, 9.17) is 10.4 Å². The van der Waals surface area contributed by atoms with E-state index < -0.39 is 6.23 Å². The summed E-state index contributed by atoms with van der Waals surface area (Å²) in [6.45, 7) is 1.55. The molecule has 1 atom stereocenters. The normalized spacial score (nSPS) is 12.7. The van der Waals surface area contributed by atoms with Gasteiger partial charge in [-0.1, -0.05) is 0 Å². The Hall–Kier alpha value is -0.240. The van der Waals surface area contributed by atoms with Crippen LogP contribution in [-0.2, 0) is 0 Å². The van der Waals surface area contributed by atoms with Crippen molar-refractivity contribution in [2.45, 2.75) is 13.2 Å². The van der Waals surface area contributed by atoms with Crippen molar-refractivity contribution in [3.05, 3.63) is 0 Å². The first kappa shape index (κ1) is 6.76. The summed E-state index contributed by atoms with van der Waals surface area (Å²) < 4.78 is 2.41. The van der Waals surface area contributed by atoms with Crippen LogP contribution in [0.2, 0.25) is 0 Å². The van der Waals surface area contributed by atoms with Gasteiger partial charge in [-0.25, -0.2) is 4.72 Å². The minimum Gasteiger partial charge on any atom is -0.378 e. The smallest absolute Gasteiger partial charge is 0.149 e. The van der Waals surface area contributed by atoms with Crippen LogP contribution in [0.5, 0.6) is 0 Å². The number of hydrogen-bond donors (Lipinski definition) is 2. The Morgan fingerprint density at radius 1 is 2.00 bits per heavy atom. The fourth-order valence-electron chi connectivity index (χ4n) is 0.112. The van der Waals surface area contributed by atoms with Gasteiger partial charge in [-0.3, -0.25) is 0 Å². The molecule has 0 spiro atoms. The molecule has 0 aliphatic carbocycles. The zero-order chi connectivity index (χ0) is 5.70. The number of nitriles is 1. The number of hydrogen-bond acceptors (Lipinski definition) is 4. The molecule has 0 aromatic heterocycles. The highest BCUT2D eigenvalue weighted by atomic mass is 32.2. The summed E-state index contributed by atoms with van der Waals surface area (Å²) in [6.07, 6.45) is -0.607. The molecule has 0 rings (SSSR count). The lowest BCUT2D eigenvalue weighted by atomic mass is 10.7. The molecule has 0 heterocycles. The Bertz CT molecular complexity index is 77.5. The molecule has 40 valence electrons. The highest BCUT2D eigenvalue weighted by Gasteiger charge is 1.88. The van der Waals surface area contributed by atoms with Crippen LogP contribution < -0.4 is 4.72 Å². The third kappa shape index (κ3) is 5.76. The molecule has 0 aliphatic rings. The summed E-state index contributed by atoms with van der Waals surface area (Å²) in [7, 11) is 0. The molecular formula is C3H6N2OS. The van der Waals surface area contributed by atoms with E-state index in [0.717, 1.165) is 11.9 Å².